The van der Waals surface area contributed by atoms with E-state index in [4.69, 9.17) is 15.3 Å². The van der Waals surface area contributed by atoms with Crippen LogP contribution in [0.15, 0.2) is 17.0 Å². The molecule has 0 bridgehead atoms. The Morgan fingerprint density at radius 3 is 2.29 bits per heavy atom. The summed E-state index contributed by atoms with van der Waals surface area (Å²) in [6.45, 7) is 0. The van der Waals surface area contributed by atoms with Gasteiger partial charge < -0.3 is 9.47 Å². The Labute approximate surface area is 105 Å². The molecule has 17 heavy (non-hydrogen) atoms. The molecule has 0 aliphatic carbocycles. The maximum Gasteiger partial charge on any atom is 0.271 e. The van der Waals surface area contributed by atoms with Crippen molar-refractivity contribution in [2.24, 2.45) is 5.84 Å². The molecule has 0 spiro atoms. The number of carbonyl (C=O) groups is 1. The second-order valence-electron chi connectivity index (χ2n) is 3.32. The van der Waals surface area contributed by atoms with Gasteiger partial charge in [-0.3, -0.25) is 9.80 Å². The van der Waals surface area contributed by atoms with Gasteiger partial charge in [-0.2, -0.15) is 0 Å². The summed E-state index contributed by atoms with van der Waals surface area (Å²) in [5.41, 5.74) is 0.382. The van der Waals surface area contributed by atoms with Crippen molar-refractivity contribution in [2.45, 2.75) is 4.90 Å². The van der Waals surface area contributed by atoms with Crippen molar-refractivity contribution in [1.82, 2.24) is 5.01 Å². The van der Waals surface area contributed by atoms with E-state index in [9.17, 15) is 4.79 Å². The fourth-order valence-corrected chi connectivity index (χ4v) is 1.95. The van der Waals surface area contributed by atoms with Gasteiger partial charge >= 0.3 is 0 Å². The zero-order valence-electron chi connectivity index (χ0n) is 10.3. The first-order valence-corrected chi connectivity index (χ1v) is 6.10. The molecule has 94 valence electrons. The van der Waals surface area contributed by atoms with E-state index in [1.807, 2.05) is 6.26 Å². The van der Waals surface area contributed by atoms with Crippen LogP contribution in [0.5, 0.6) is 11.5 Å². The quantitative estimate of drug-likeness (QED) is 0.381. The molecule has 5 nitrogen and oxygen atoms in total. The number of hydrogen-bond donors (Lipinski definition) is 1. The van der Waals surface area contributed by atoms with Gasteiger partial charge in [-0.15, -0.1) is 11.8 Å². The van der Waals surface area contributed by atoms with Crippen molar-refractivity contribution >= 4 is 17.7 Å². The summed E-state index contributed by atoms with van der Waals surface area (Å²) >= 11 is 1.52. The molecular weight excluding hydrogens is 240 g/mol. The SMILES string of the molecule is COc1cc(C(=O)N(C)N)c(OC)cc1SC. The summed E-state index contributed by atoms with van der Waals surface area (Å²) in [5.74, 6) is 6.22. The summed E-state index contributed by atoms with van der Waals surface area (Å²) in [5, 5.41) is 1.01. The number of hydrogen-bond acceptors (Lipinski definition) is 5. The molecule has 0 aromatic heterocycles. The maximum absolute atomic E-state index is 11.9. The summed E-state index contributed by atoms with van der Waals surface area (Å²) in [7, 11) is 4.55. The van der Waals surface area contributed by atoms with E-state index in [1.165, 1.54) is 25.9 Å². The van der Waals surface area contributed by atoms with Crippen LogP contribution in [0.2, 0.25) is 0 Å². The first-order chi connectivity index (χ1) is 8.04. The van der Waals surface area contributed by atoms with Crippen LogP contribution in [0.25, 0.3) is 0 Å². The van der Waals surface area contributed by atoms with Crippen LogP contribution in [0, 0.1) is 0 Å². The highest BCUT2D eigenvalue weighted by Crippen LogP contribution is 2.34. The molecule has 1 amide bonds. The summed E-state index contributed by atoms with van der Waals surface area (Å²) in [6.07, 6.45) is 1.92. The molecule has 0 heterocycles. The van der Waals surface area contributed by atoms with Crippen LogP contribution < -0.4 is 15.3 Å². The normalized spacial score (nSPS) is 9.94. The Hall–Kier alpha value is -1.40. The number of methoxy groups -OCH3 is 2. The number of nitrogens with two attached hydrogens (primary N) is 1. The van der Waals surface area contributed by atoms with Crippen molar-refractivity contribution in [2.75, 3.05) is 27.5 Å². The molecule has 0 unspecified atom stereocenters. The lowest BCUT2D eigenvalue weighted by Gasteiger charge is -2.16. The molecule has 0 radical (unpaired) electrons. The lowest BCUT2D eigenvalue weighted by molar-refractivity contribution is 0.0791. The standard InChI is InChI=1S/C11H16N2O3S/c1-13(12)11(14)7-5-9(16-3)10(17-4)6-8(7)15-2/h5-6H,12H2,1-4H3. The average molecular weight is 256 g/mol. The summed E-state index contributed by atoms with van der Waals surface area (Å²) in [4.78, 5) is 12.8. The Morgan fingerprint density at radius 2 is 1.88 bits per heavy atom. The highest BCUT2D eigenvalue weighted by Gasteiger charge is 2.18. The monoisotopic (exact) mass is 256 g/mol. The van der Waals surface area contributed by atoms with Crippen LogP contribution in [0.1, 0.15) is 10.4 Å². The van der Waals surface area contributed by atoms with E-state index in [1.54, 1.807) is 19.2 Å². The molecule has 6 heteroatoms. The lowest BCUT2D eigenvalue weighted by atomic mass is 10.1. The molecule has 1 rings (SSSR count). The van der Waals surface area contributed by atoms with E-state index in [2.05, 4.69) is 0 Å². The van der Waals surface area contributed by atoms with Crippen LogP contribution in [-0.2, 0) is 0 Å². The Balaban J connectivity index is 3.33. The van der Waals surface area contributed by atoms with Gasteiger partial charge in [-0.25, -0.2) is 5.84 Å². The van der Waals surface area contributed by atoms with Gasteiger partial charge in [-0.1, -0.05) is 0 Å². The van der Waals surface area contributed by atoms with E-state index < -0.39 is 0 Å². The fraction of sp³-hybridized carbons (Fsp3) is 0.364. The van der Waals surface area contributed by atoms with Crippen molar-refractivity contribution in [3.63, 3.8) is 0 Å². The smallest absolute Gasteiger partial charge is 0.271 e. The third kappa shape index (κ3) is 2.83. The van der Waals surface area contributed by atoms with Crippen LogP contribution >= 0.6 is 11.8 Å². The predicted molar refractivity (Wildman–Crippen MR) is 67.6 cm³/mol. The Morgan fingerprint density at radius 1 is 1.29 bits per heavy atom. The molecule has 0 atom stereocenters. The lowest BCUT2D eigenvalue weighted by Crippen LogP contribution is -2.33. The molecule has 1 aromatic rings. The third-order valence-electron chi connectivity index (χ3n) is 2.26. The first kappa shape index (κ1) is 13.7. The number of hydrazine groups is 1. The summed E-state index contributed by atoms with van der Waals surface area (Å²) in [6, 6.07) is 3.40. The van der Waals surface area contributed by atoms with E-state index in [0.717, 1.165) is 9.90 Å². The highest BCUT2D eigenvalue weighted by atomic mass is 32.2. The zero-order chi connectivity index (χ0) is 13.0. The van der Waals surface area contributed by atoms with Crippen LogP contribution in [0.4, 0.5) is 0 Å². The second-order valence-corrected chi connectivity index (χ2v) is 4.17. The number of ether oxygens (including phenoxy) is 2. The number of benzene rings is 1. The van der Waals surface area contributed by atoms with E-state index in [-0.39, 0.29) is 5.91 Å². The number of carbonyl (C=O) groups excluding carboxylic acids is 1. The van der Waals surface area contributed by atoms with Gasteiger partial charge in [0.05, 0.1) is 24.7 Å². The van der Waals surface area contributed by atoms with Gasteiger partial charge in [0.1, 0.15) is 11.5 Å². The molecule has 2 N–H and O–H groups in total. The maximum atomic E-state index is 11.9. The van der Waals surface area contributed by atoms with Gasteiger partial charge in [-0.05, 0) is 18.4 Å². The molecule has 0 aliphatic rings. The largest absolute Gasteiger partial charge is 0.496 e. The Kier molecular flexibility index (Phi) is 4.65. The van der Waals surface area contributed by atoms with Crippen molar-refractivity contribution < 1.29 is 14.3 Å². The van der Waals surface area contributed by atoms with E-state index >= 15 is 0 Å². The van der Waals surface area contributed by atoms with Gasteiger partial charge in [0.25, 0.3) is 5.91 Å². The second kappa shape index (κ2) is 5.79. The van der Waals surface area contributed by atoms with Crippen LogP contribution in [0.3, 0.4) is 0 Å². The highest BCUT2D eigenvalue weighted by molar-refractivity contribution is 7.98. The first-order valence-electron chi connectivity index (χ1n) is 4.87. The van der Waals surface area contributed by atoms with E-state index in [0.29, 0.717) is 17.1 Å². The number of thioether (sulfide) groups is 1. The molecule has 0 fully saturated rings. The molecular formula is C11H16N2O3S. The number of amides is 1. The number of rotatable bonds is 4. The Bertz CT molecular complexity index is 421. The van der Waals surface area contributed by atoms with Gasteiger partial charge in [0.2, 0.25) is 0 Å². The van der Waals surface area contributed by atoms with Crippen molar-refractivity contribution in [1.29, 1.82) is 0 Å². The van der Waals surface area contributed by atoms with Crippen LogP contribution in [-0.4, -0.2) is 38.4 Å². The van der Waals surface area contributed by atoms with Crippen molar-refractivity contribution in [3.8, 4) is 11.5 Å². The minimum Gasteiger partial charge on any atom is -0.496 e. The average Bonchev–Trinajstić information content (AvgIpc) is 2.35. The van der Waals surface area contributed by atoms with Gasteiger partial charge in [0.15, 0.2) is 0 Å². The predicted octanol–water partition coefficient (Wildman–Crippen LogP) is 1.37. The summed E-state index contributed by atoms with van der Waals surface area (Å²) < 4.78 is 10.4. The number of nitrogens with zero attached hydrogens (tertiary/aromatic N) is 1. The minimum absolute atomic E-state index is 0.326. The van der Waals surface area contributed by atoms with Gasteiger partial charge in [0, 0.05) is 7.05 Å². The third-order valence-corrected chi connectivity index (χ3v) is 3.02. The molecule has 0 aliphatic heterocycles. The molecule has 0 saturated heterocycles. The topological polar surface area (TPSA) is 64.8 Å². The molecule has 1 aromatic carbocycles. The zero-order valence-corrected chi connectivity index (χ0v) is 11.1. The minimum atomic E-state index is -0.326. The van der Waals surface area contributed by atoms with Crippen molar-refractivity contribution in [3.05, 3.63) is 17.7 Å². The molecule has 0 saturated carbocycles. The fourth-order valence-electron chi connectivity index (χ4n) is 1.39.